The molecule has 10 heteroatoms. The smallest absolute Gasteiger partial charge is 0.329 e. The Morgan fingerprint density at radius 2 is 1.87 bits per heavy atom. The summed E-state index contributed by atoms with van der Waals surface area (Å²) in [6.45, 7) is 0.544. The topological polar surface area (TPSA) is 118 Å². The first-order valence-corrected chi connectivity index (χ1v) is 9.36. The Balaban J connectivity index is 1.77. The second-order valence-corrected chi connectivity index (χ2v) is 6.22. The van der Waals surface area contributed by atoms with Crippen molar-refractivity contribution in [3.05, 3.63) is 59.9 Å². The molecule has 0 heterocycles. The average molecular weight is 430 g/mol. The van der Waals surface area contributed by atoms with Gasteiger partial charge in [-0.25, -0.2) is 9.82 Å². The van der Waals surface area contributed by atoms with Crippen molar-refractivity contribution in [3.63, 3.8) is 0 Å². The van der Waals surface area contributed by atoms with Crippen LogP contribution in [0.3, 0.4) is 0 Å². The maximum absolute atomic E-state index is 12.9. The summed E-state index contributed by atoms with van der Waals surface area (Å²) >= 11 is 0. The predicted molar refractivity (Wildman–Crippen MR) is 112 cm³/mol. The van der Waals surface area contributed by atoms with Crippen molar-refractivity contribution in [3.8, 4) is 5.75 Å². The Bertz CT molecular complexity index is 918. The van der Waals surface area contributed by atoms with Gasteiger partial charge in [0.15, 0.2) is 6.61 Å². The van der Waals surface area contributed by atoms with E-state index in [0.29, 0.717) is 36.6 Å². The first-order valence-electron chi connectivity index (χ1n) is 9.36. The van der Waals surface area contributed by atoms with Crippen LogP contribution in [0.5, 0.6) is 5.75 Å². The number of ether oxygens (including phenoxy) is 2. The van der Waals surface area contributed by atoms with Crippen LogP contribution in [-0.4, -0.2) is 50.8 Å². The third kappa shape index (κ3) is 9.05. The van der Waals surface area contributed by atoms with E-state index in [1.165, 1.54) is 30.5 Å². The lowest BCUT2D eigenvalue weighted by atomic mass is 10.2. The molecule has 164 valence electrons. The Morgan fingerprint density at radius 3 is 2.61 bits per heavy atom. The quantitative estimate of drug-likeness (QED) is 0.228. The van der Waals surface area contributed by atoms with Gasteiger partial charge in [0.05, 0.1) is 6.21 Å². The van der Waals surface area contributed by atoms with Gasteiger partial charge in [0, 0.05) is 25.9 Å². The molecule has 0 radical (unpaired) electrons. The average Bonchev–Trinajstić information content (AvgIpc) is 2.77. The zero-order chi connectivity index (χ0) is 22.5. The first-order chi connectivity index (χ1) is 15.0. The number of nitrogens with zero attached hydrogens (tertiary/aromatic N) is 1. The van der Waals surface area contributed by atoms with Crippen molar-refractivity contribution in [2.75, 3.05) is 32.2 Å². The molecule has 9 nitrogen and oxygen atoms in total. The van der Waals surface area contributed by atoms with Crippen LogP contribution in [0.1, 0.15) is 12.0 Å². The number of benzene rings is 2. The fourth-order valence-electron chi connectivity index (χ4n) is 2.28. The molecule has 0 saturated carbocycles. The highest BCUT2D eigenvalue weighted by atomic mass is 19.1. The Kier molecular flexibility index (Phi) is 9.63. The molecule has 0 aliphatic rings. The van der Waals surface area contributed by atoms with Gasteiger partial charge in [0.1, 0.15) is 11.6 Å². The number of anilines is 1. The minimum Gasteiger partial charge on any atom is -0.484 e. The maximum atomic E-state index is 12.9. The molecule has 2 aromatic carbocycles. The van der Waals surface area contributed by atoms with E-state index in [1.54, 1.807) is 31.4 Å². The second-order valence-electron chi connectivity index (χ2n) is 6.22. The molecule has 3 N–H and O–H groups in total. The lowest BCUT2D eigenvalue weighted by Gasteiger charge is -2.08. The summed E-state index contributed by atoms with van der Waals surface area (Å²) in [7, 11) is 1.55. The number of nitrogens with one attached hydrogen (secondary N) is 3. The van der Waals surface area contributed by atoms with Gasteiger partial charge in [-0.2, -0.15) is 5.10 Å². The highest BCUT2D eigenvalue weighted by molar-refractivity contribution is 6.35. The van der Waals surface area contributed by atoms with Gasteiger partial charge in [-0.05, 0) is 48.4 Å². The Morgan fingerprint density at radius 1 is 1.10 bits per heavy atom. The zero-order valence-corrected chi connectivity index (χ0v) is 16.9. The Hall–Kier alpha value is -3.79. The van der Waals surface area contributed by atoms with E-state index in [0.717, 1.165) is 0 Å². The molecule has 0 aliphatic heterocycles. The van der Waals surface area contributed by atoms with Crippen molar-refractivity contribution in [1.82, 2.24) is 10.7 Å². The summed E-state index contributed by atoms with van der Waals surface area (Å²) in [4.78, 5) is 35.2. The van der Waals surface area contributed by atoms with Gasteiger partial charge < -0.3 is 20.1 Å². The van der Waals surface area contributed by atoms with E-state index in [2.05, 4.69) is 21.2 Å². The van der Waals surface area contributed by atoms with E-state index >= 15 is 0 Å². The molecule has 0 unspecified atom stereocenters. The number of rotatable bonds is 10. The molecule has 3 amide bonds. The molecular weight excluding hydrogens is 407 g/mol. The van der Waals surface area contributed by atoms with E-state index in [9.17, 15) is 18.8 Å². The van der Waals surface area contributed by atoms with Crippen LogP contribution in [0.15, 0.2) is 53.6 Å². The van der Waals surface area contributed by atoms with Gasteiger partial charge in [-0.15, -0.1) is 0 Å². The zero-order valence-electron chi connectivity index (χ0n) is 16.9. The van der Waals surface area contributed by atoms with Crippen LogP contribution < -0.4 is 20.8 Å². The molecule has 31 heavy (non-hydrogen) atoms. The lowest BCUT2D eigenvalue weighted by molar-refractivity contribution is -0.139. The van der Waals surface area contributed by atoms with Crippen molar-refractivity contribution in [1.29, 1.82) is 0 Å². The van der Waals surface area contributed by atoms with Gasteiger partial charge >= 0.3 is 11.8 Å². The third-order valence-corrected chi connectivity index (χ3v) is 3.75. The number of hydrogen-bond acceptors (Lipinski definition) is 6. The largest absolute Gasteiger partial charge is 0.484 e. The lowest BCUT2D eigenvalue weighted by Crippen LogP contribution is -2.38. The fraction of sp³-hybridized carbons (Fsp3) is 0.238. The predicted octanol–water partition coefficient (Wildman–Crippen LogP) is 1.45. The van der Waals surface area contributed by atoms with Crippen molar-refractivity contribution < 1.29 is 28.2 Å². The van der Waals surface area contributed by atoms with Crippen molar-refractivity contribution in [2.45, 2.75) is 6.42 Å². The van der Waals surface area contributed by atoms with E-state index in [-0.39, 0.29) is 6.61 Å². The van der Waals surface area contributed by atoms with Gasteiger partial charge in [0.25, 0.3) is 5.91 Å². The molecule has 0 fully saturated rings. The van der Waals surface area contributed by atoms with Crippen LogP contribution in [0.2, 0.25) is 0 Å². The molecule has 0 saturated heterocycles. The second kappa shape index (κ2) is 12.7. The standard InChI is InChI=1S/C21H23FN4O5/c1-30-11-3-10-23-20(28)21(29)26-24-13-15-4-2-5-18(12-15)31-14-19(27)25-17-8-6-16(22)7-9-17/h2,4-9,12-13H,3,10-11,14H2,1H3,(H,23,28)(H,25,27)(H,26,29)/b24-13-. The number of amides is 3. The molecule has 0 atom stereocenters. The van der Waals surface area contributed by atoms with Crippen LogP contribution in [0, 0.1) is 5.82 Å². The van der Waals surface area contributed by atoms with Crippen LogP contribution in [-0.2, 0) is 19.1 Å². The summed E-state index contributed by atoms with van der Waals surface area (Å²) in [5.74, 6) is -2.09. The molecule has 0 bridgehead atoms. The molecule has 0 aromatic heterocycles. The monoisotopic (exact) mass is 430 g/mol. The van der Waals surface area contributed by atoms with Gasteiger partial charge in [-0.3, -0.25) is 14.4 Å². The van der Waals surface area contributed by atoms with E-state index in [1.807, 2.05) is 0 Å². The van der Waals surface area contributed by atoms with E-state index < -0.39 is 23.5 Å². The van der Waals surface area contributed by atoms with Gasteiger partial charge in [0.2, 0.25) is 0 Å². The Labute approximate surface area is 178 Å². The number of halogens is 1. The van der Waals surface area contributed by atoms with E-state index in [4.69, 9.17) is 9.47 Å². The third-order valence-electron chi connectivity index (χ3n) is 3.75. The SMILES string of the molecule is COCCCNC(=O)C(=O)N/N=C\c1cccc(OCC(=O)Nc2ccc(F)cc2)c1. The summed E-state index contributed by atoms with van der Waals surface area (Å²) in [5.41, 5.74) is 3.16. The summed E-state index contributed by atoms with van der Waals surface area (Å²) in [6.07, 6.45) is 1.93. The van der Waals surface area contributed by atoms with Crippen LogP contribution in [0.25, 0.3) is 0 Å². The minimum absolute atomic E-state index is 0.252. The normalized spacial score (nSPS) is 10.5. The molecule has 0 spiro atoms. The fourth-order valence-corrected chi connectivity index (χ4v) is 2.28. The minimum atomic E-state index is -0.890. The highest BCUT2D eigenvalue weighted by Crippen LogP contribution is 2.13. The highest BCUT2D eigenvalue weighted by Gasteiger charge is 2.11. The first kappa shape index (κ1) is 23.5. The number of hydrogen-bond donors (Lipinski definition) is 3. The molecule has 2 aromatic rings. The number of methoxy groups -OCH3 is 1. The number of carbonyl (C=O) groups is 3. The summed E-state index contributed by atoms with van der Waals surface area (Å²) < 4.78 is 23.2. The van der Waals surface area contributed by atoms with Crippen LogP contribution in [0.4, 0.5) is 10.1 Å². The van der Waals surface area contributed by atoms with Crippen molar-refractivity contribution >= 4 is 29.6 Å². The number of hydrazone groups is 1. The van der Waals surface area contributed by atoms with Crippen LogP contribution >= 0.6 is 0 Å². The maximum Gasteiger partial charge on any atom is 0.329 e. The molecule has 2 rings (SSSR count). The summed E-state index contributed by atoms with van der Waals surface area (Å²) in [6, 6.07) is 12.0. The molecular formula is C21H23FN4O5. The molecule has 0 aliphatic carbocycles. The summed E-state index contributed by atoms with van der Waals surface area (Å²) in [5, 5.41) is 8.76. The number of carbonyl (C=O) groups excluding carboxylic acids is 3. The van der Waals surface area contributed by atoms with Gasteiger partial charge in [-0.1, -0.05) is 12.1 Å². The van der Waals surface area contributed by atoms with Crippen molar-refractivity contribution in [2.24, 2.45) is 5.10 Å².